The Hall–Kier alpha value is -1.82. The monoisotopic (exact) mass is 214 g/mol. The number of hydrogen-bond acceptors (Lipinski definition) is 0. The number of rotatable bonds is 6. The van der Waals surface area contributed by atoms with E-state index in [9.17, 15) is 0 Å². The van der Waals surface area contributed by atoms with Crippen LogP contribution < -0.4 is 0 Å². The van der Waals surface area contributed by atoms with Crippen molar-refractivity contribution in [2.75, 3.05) is 0 Å². The molecule has 0 aliphatic rings. The lowest BCUT2D eigenvalue weighted by molar-refractivity contribution is 1.50. The third-order valence-electron chi connectivity index (χ3n) is 1.56. The van der Waals surface area contributed by atoms with Crippen molar-refractivity contribution in [3.8, 4) is 0 Å². The van der Waals surface area contributed by atoms with Crippen LogP contribution in [0.4, 0.5) is 0 Å². The lowest BCUT2D eigenvalue weighted by Gasteiger charge is -2.00. The molecular formula is C16H22. The second-order valence-corrected chi connectivity index (χ2v) is 2.51. The van der Waals surface area contributed by atoms with Gasteiger partial charge in [0.25, 0.3) is 0 Å². The van der Waals surface area contributed by atoms with Gasteiger partial charge in [0.15, 0.2) is 0 Å². The standard InChI is InChI=1S/C14H16.C2H6/c1-5-9-12-14(11-7-3)13(8-4)10-6-2;1-2/h5-12H,1-4H2;1-2H3/b12-9-,13-10+,14-11+;. The van der Waals surface area contributed by atoms with Gasteiger partial charge in [-0.25, -0.2) is 0 Å². The van der Waals surface area contributed by atoms with E-state index in [1.165, 1.54) is 0 Å². The van der Waals surface area contributed by atoms with E-state index in [4.69, 9.17) is 0 Å². The van der Waals surface area contributed by atoms with Crippen molar-refractivity contribution in [2.45, 2.75) is 13.8 Å². The number of allylic oxidation sites excluding steroid dienone is 10. The van der Waals surface area contributed by atoms with Gasteiger partial charge in [-0.15, -0.1) is 0 Å². The molecule has 0 aliphatic heterocycles. The van der Waals surface area contributed by atoms with E-state index in [0.29, 0.717) is 0 Å². The average molecular weight is 214 g/mol. The van der Waals surface area contributed by atoms with E-state index in [1.54, 1.807) is 24.3 Å². The molecule has 0 heterocycles. The highest BCUT2D eigenvalue weighted by Crippen LogP contribution is 2.13. The lowest BCUT2D eigenvalue weighted by Crippen LogP contribution is -1.81. The second-order valence-electron chi connectivity index (χ2n) is 2.51. The highest BCUT2D eigenvalue weighted by molar-refractivity contribution is 5.49. The molecule has 0 nitrogen and oxygen atoms in total. The quantitative estimate of drug-likeness (QED) is 0.535. The fourth-order valence-electron chi connectivity index (χ4n) is 0.956. The summed E-state index contributed by atoms with van der Waals surface area (Å²) in [7, 11) is 0. The molecule has 0 spiro atoms. The summed E-state index contributed by atoms with van der Waals surface area (Å²) in [5.74, 6) is 0. The molecule has 16 heavy (non-hydrogen) atoms. The van der Waals surface area contributed by atoms with Crippen molar-refractivity contribution in [3.05, 3.63) is 86.1 Å². The molecule has 0 atom stereocenters. The molecule has 0 aromatic heterocycles. The molecule has 0 aromatic rings. The van der Waals surface area contributed by atoms with Crippen molar-refractivity contribution in [3.63, 3.8) is 0 Å². The van der Waals surface area contributed by atoms with Gasteiger partial charge < -0.3 is 0 Å². The molecule has 0 fully saturated rings. The van der Waals surface area contributed by atoms with Crippen LogP contribution in [-0.2, 0) is 0 Å². The third kappa shape index (κ3) is 7.57. The summed E-state index contributed by atoms with van der Waals surface area (Å²) in [6, 6.07) is 0. The minimum absolute atomic E-state index is 1.01. The van der Waals surface area contributed by atoms with Gasteiger partial charge >= 0.3 is 0 Å². The molecule has 0 heteroatoms. The molecule has 0 aliphatic carbocycles. The summed E-state index contributed by atoms with van der Waals surface area (Å²) in [4.78, 5) is 0. The Labute approximate surface area is 100 Å². The Morgan fingerprint density at radius 1 is 0.750 bits per heavy atom. The van der Waals surface area contributed by atoms with Crippen LogP contribution in [-0.4, -0.2) is 0 Å². The normalized spacial score (nSPS) is 11.4. The van der Waals surface area contributed by atoms with Crippen molar-refractivity contribution in [1.29, 1.82) is 0 Å². The zero-order valence-electron chi connectivity index (χ0n) is 10.4. The minimum atomic E-state index is 1.01. The first-order valence-corrected chi connectivity index (χ1v) is 5.37. The molecule has 0 unspecified atom stereocenters. The molecule has 0 aromatic carbocycles. The van der Waals surface area contributed by atoms with Gasteiger partial charge in [-0.2, -0.15) is 0 Å². The van der Waals surface area contributed by atoms with E-state index >= 15 is 0 Å². The first kappa shape index (κ1) is 16.6. The van der Waals surface area contributed by atoms with Gasteiger partial charge in [0.05, 0.1) is 0 Å². The predicted molar refractivity (Wildman–Crippen MR) is 77.4 cm³/mol. The van der Waals surface area contributed by atoms with E-state index in [-0.39, 0.29) is 0 Å². The van der Waals surface area contributed by atoms with Gasteiger partial charge in [0, 0.05) is 0 Å². The van der Waals surface area contributed by atoms with E-state index in [0.717, 1.165) is 11.1 Å². The van der Waals surface area contributed by atoms with Crippen LogP contribution in [0.1, 0.15) is 13.8 Å². The van der Waals surface area contributed by atoms with Crippen LogP contribution in [0.15, 0.2) is 86.1 Å². The fraction of sp³-hybridized carbons (Fsp3) is 0.125. The average Bonchev–Trinajstić information content (AvgIpc) is 2.34. The Balaban J connectivity index is 0. The summed E-state index contributed by atoms with van der Waals surface area (Å²) in [6.45, 7) is 18.7. The Morgan fingerprint density at radius 2 is 1.25 bits per heavy atom. The maximum atomic E-state index is 3.74. The van der Waals surface area contributed by atoms with Crippen LogP contribution in [0.25, 0.3) is 0 Å². The molecule has 0 radical (unpaired) electrons. The van der Waals surface area contributed by atoms with Gasteiger partial charge in [0.2, 0.25) is 0 Å². The zero-order chi connectivity index (χ0) is 12.8. The smallest absolute Gasteiger partial charge is 0.0184 e. The van der Waals surface area contributed by atoms with Crippen molar-refractivity contribution < 1.29 is 0 Å². The summed E-state index contributed by atoms with van der Waals surface area (Å²) in [6.07, 6.45) is 14.6. The predicted octanol–water partition coefficient (Wildman–Crippen LogP) is 5.17. The van der Waals surface area contributed by atoms with Crippen LogP contribution in [0.3, 0.4) is 0 Å². The summed E-state index contributed by atoms with van der Waals surface area (Å²) < 4.78 is 0. The first-order chi connectivity index (χ1) is 7.79. The van der Waals surface area contributed by atoms with Gasteiger partial charge in [-0.05, 0) is 11.1 Å². The summed E-state index contributed by atoms with van der Waals surface area (Å²) >= 11 is 0. The third-order valence-corrected chi connectivity index (χ3v) is 1.56. The molecule has 0 saturated carbocycles. The van der Waals surface area contributed by atoms with Crippen LogP contribution >= 0.6 is 0 Å². The van der Waals surface area contributed by atoms with E-state index in [1.807, 2.05) is 38.2 Å². The van der Waals surface area contributed by atoms with Crippen molar-refractivity contribution >= 4 is 0 Å². The molecule has 86 valence electrons. The van der Waals surface area contributed by atoms with Crippen LogP contribution in [0.2, 0.25) is 0 Å². The van der Waals surface area contributed by atoms with Crippen molar-refractivity contribution in [1.82, 2.24) is 0 Å². The van der Waals surface area contributed by atoms with Gasteiger partial charge in [-0.1, -0.05) is 88.8 Å². The maximum absolute atomic E-state index is 3.74. The van der Waals surface area contributed by atoms with Crippen LogP contribution in [0.5, 0.6) is 0 Å². The van der Waals surface area contributed by atoms with Gasteiger partial charge in [0.1, 0.15) is 0 Å². The molecule has 0 N–H and O–H groups in total. The first-order valence-electron chi connectivity index (χ1n) is 5.37. The highest BCUT2D eigenvalue weighted by Gasteiger charge is 1.93. The molecule has 0 bridgehead atoms. The Morgan fingerprint density at radius 3 is 1.62 bits per heavy atom. The molecule has 0 amide bonds. The van der Waals surface area contributed by atoms with E-state index < -0.39 is 0 Å². The van der Waals surface area contributed by atoms with Gasteiger partial charge in [-0.3, -0.25) is 0 Å². The Bertz CT molecular complexity index is 309. The van der Waals surface area contributed by atoms with Crippen molar-refractivity contribution in [2.24, 2.45) is 0 Å². The largest absolute Gasteiger partial charge is 0.0991 e. The Kier molecular flexibility index (Phi) is 13.7. The topological polar surface area (TPSA) is 0 Å². The fourth-order valence-corrected chi connectivity index (χ4v) is 0.956. The summed E-state index contributed by atoms with van der Waals surface area (Å²) in [5, 5.41) is 0. The lowest BCUT2D eigenvalue weighted by atomic mass is 10.0. The highest BCUT2D eigenvalue weighted by atomic mass is 14.0. The van der Waals surface area contributed by atoms with E-state index in [2.05, 4.69) is 26.3 Å². The second kappa shape index (κ2) is 13.2. The molecular weight excluding hydrogens is 192 g/mol. The summed E-state index contributed by atoms with van der Waals surface area (Å²) in [5.41, 5.74) is 2.05. The molecule has 0 rings (SSSR count). The molecule has 0 saturated heterocycles. The zero-order valence-corrected chi connectivity index (χ0v) is 10.4. The van der Waals surface area contributed by atoms with Crippen LogP contribution in [0, 0.1) is 0 Å². The SMILES string of the molecule is C=C\C=C/C(=C\C=C)C(/C=C)=C/C=C.CC. The maximum Gasteiger partial charge on any atom is -0.0184 e. The minimum Gasteiger partial charge on any atom is -0.0991 e. The number of hydrogen-bond donors (Lipinski definition) is 0.